The van der Waals surface area contributed by atoms with Crippen LogP contribution in [0.25, 0.3) is 0 Å². The van der Waals surface area contributed by atoms with E-state index in [1.54, 1.807) is 11.3 Å². The fourth-order valence-corrected chi connectivity index (χ4v) is 4.09. The highest BCUT2D eigenvalue weighted by atomic mass is 79.9. The van der Waals surface area contributed by atoms with Crippen molar-refractivity contribution < 1.29 is 4.79 Å². The van der Waals surface area contributed by atoms with Crippen LogP contribution in [0.1, 0.15) is 28.3 Å². The normalized spacial score (nSPS) is 17.7. The number of carbonyl (C=O) groups excluding carboxylic acids is 1. The molecule has 18 heavy (non-hydrogen) atoms. The summed E-state index contributed by atoms with van der Waals surface area (Å²) in [6.07, 6.45) is 2.58. The summed E-state index contributed by atoms with van der Waals surface area (Å²) in [5, 5.41) is 2.03. The van der Waals surface area contributed by atoms with E-state index in [2.05, 4.69) is 34.1 Å². The highest BCUT2D eigenvalue weighted by Crippen LogP contribution is 2.34. The van der Waals surface area contributed by atoms with Gasteiger partial charge in [-0.05, 0) is 46.0 Å². The molecule has 1 atom stereocenters. The standard InChI is InChI=1S/C15H13BrOS/c16-11-7-12(18-9-11)8-15(17)14-6-5-10-3-1-2-4-13(10)14/h1-4,7,9,14H,5-6,8H2. The molecule has 0 amide bonds. The monoisotopic (exact) mass is 320 g/mol. The summed E-state index contributed by atoms with van der Waals surface area (Å²) in [7, 11) is 0. The summed E-state index contributed by atoms with van der Waals surface area (Å²) in [6, 6.07) is 10.4. The summed E-state index contributed by atoms with van der Waals surface area (Å²) in [6.45, 7) is 0. The molecule has 0 saturated carbocycles. The minimum atomic E-state index is 0.113. The molecule has 1 heterocycles. The zero-order valence-corrected chi connectivity index (χ0v) is 12.3. The third kappa shape index (κ3) is 2.29. The van der Waals surface area contributed by atoms with Gasteiger partial charge in [0.2, 0.25) is 0 Å². The molecule has 0 saturated heterocycles. The predicted octanol–water partition coefficient (Wildman–Crippen LogP) is 4.35. The van der Waals surface area contributed by atoms with Crippen molar-refractivity contribution in [2.24, 2.45) is 0 Å². The van der Waals surface area contributed by atoms with Crippen molar-refractivity contribution >= 4 is 33.0 Å². The maximum atomic E-state index is 12.4. The van der Waals surface area contributed by atoms with Gasteiger partial charge >= 0.3 is 0 Å². The first-order valence-corrected chi connectivity index (χ1v) is 7.75. The molecule has 0 aliphatic heterocycles. The van der Waals surface area contributed by atoms with Crippen molar-refractivity contribution in [1.82, 2.24) is 0 Å². The minimum absolute atomic E-state index is 0.113. The van der Waals surface area contributed by atoms with Crippen LogP contribution >= 0.6 is 27.3 Å². The van der Waals surface area contributed by atoms with Crippen LogP contribution in [0, 0.1) is 0 Å². The molecule has 1 aromatic carbocycles. The number of carbonyl (C=O) groups is 1. The van der Waals surface area contributed by atoms with E-state index in [0.29, 0.717) is 12.2 Å². The molecule has 1 aliphatic rings. The Balaban J connectivity index is 1.78. The van der Waals surface area contributed by atoms with Gasteiger partial charge in [-0.2, -0.15) is 0 Å². The summed E-state index contributed by atoms with van der Waals surface area (Å²) in [5.41, 5.74) is 2.60. The zero-order chi connectivity index (χ0) is 12.5. The van der Waals surface area contributed by atoms with E-state index < -0.39 is 0 Å². The van der Waals surface area contributed by atoms with E-state index >= 15 is 0 Å². The number of Topliss-reactive ketones (excluding diaryl/α,β-unsaturated/α-hetero) is 1. The van der Waals surface area contributed by atoms with Gasteiger partial charge in [-0.3, -0.25) is 4.79 Å². The first-order valence-electron chi connectivity index (χ1n) is 6.07. The fourth-order valence-electron chi connectivity index (χ4n) is 2.63. The van der Waals surface area contributed by atoms with E-state index in [1.807, 2.05) is 17.5 Å². The van der Waals surface area contributed by atoms with Crippen LogP contribution in [0.2, 0.25) is 0 Å². The molecule has 0 radical (unpaired) electrons. The number of hydrogen-bond donors (Lipinski definition) is 0. The van der Waals surface area contributed by atoms with Crippen molar-refractivity contribution in [1.29, 1.82) is 0 Å². The van der Waals surface area contributed by atoms with Crippen molar-refractivity contribution in [3.8, 4) is 0 Å². The lowest BCUT2D eigenvalue weighted by molar-refractivity contribution is -0.119. The second kappa shape index (κ2) is 4.98. The molecule has 0 fully saturated rings. The average molecular weight is 321 g/mol. The van der Waals surface area contributed by atoms with Crippen molar-refractivity contribution in [2.75, 3.05) is 0 Å². The van der Waals surface area contributed by atoms with E-state index in [9.17, 15) is 4.79 Å². The van der Waals surface area contributed by atoms with Crippen LogP contribution < -0.4 is 0 Å². The van der Waals surface area contributed by atoms with Gasteiger partial charge in [0.1, 0.15) is 5.78 Å². The Morgan fingerprint density at radius 2 is 2.22 bits per heavy atom. The third-order valence-corrected chi connectivity index (χ3v) is 5.19. The van der Waals surface area contributed by atoms with E-state index in [4.69, 9.17) is 0 Å². The minimum Gasteiger partial charge on any atom is -0.299 e. The SMILES string of the molecule is O=C(Cc1cc(Br)cs1)C1CCc2ccccc21. The number of benzene rings is 1. The van der Waals surface area contributed by atoms with Gasteiger partial charge in [0.25, 0.3) is 0 Å². The lowest BCUT2D eigenvalue weighted by atomic mass is 9.94. The molecule has 0 spiro atoms. The molecule has 1 aliphatic carbocycles. The van der Waals surface area contributed by atoms with Crippen molar-refractivity contribution in [3.05, 3.63) is 56.2 Å². The lowest BCUT2D eigenvalue weighted by Crippen LogP contribution is -2.11. The fraction of sp³-hybridized carbons (Fsp3) is 0.267. The number of halogens is 1. The Labute approximate surface area is 119 Å². The maximum absolute atomic E-state index is 12.4. The van der Waals surface area contributed by atoms with Crippen molar-refractivity contribution in [3.63, 3.8) is 0 Å². The number of hydrogen-bond acceptors (Lipinski definition) is 2. The van der Waals surface area contributed by atoms with Gasteiger partial charge in [0.05, 0.1) is 0 Å². The molecule has 2 aromatic rings. The predicted molar refractivity (Wildman–Crippen MR) is 78.2 cm³/mol. The molecular formula is C15H13BrOS. The van der Waals surface area contributed by atoms with Gasteiger partial charge in [0, 0.05) is 27.1 Å². The smallest absolute Gasteiger partial charge is 0.145 e. The number of aryl methyl sites for hydroxylation is 1. The molecular weight excluding hydrogens is 308 g/mol. The third-order valence-electron chi connectivity index (χ3n) is 3.49. The number of thiophene rings is 1. The molecule has 1 nitrogen and oxygen atoms in total. The van der Waals surface area contributed by atoms with E-state index in [1.165, 1.54) is 11.1 Å². The Morgan fingerprint density at radius 3 is 3.00 bits per heavy atom. The summed E-state index contributed by atoms with van der Waals surface area (Å²) < 4.78 is 1.07. The zero-order valence-electron chi connectivity index (χ0n) is 9.86. The molecule has 0 bridgehead atoms. The molecule has 1 unspecified atom stereocenters. The van der Waals surface area contributed by atoms with Crippen LogP contribution in [0.15, 0.2) is 40.2 Å². The van der Waals surface area contributed by atoms with Crippen LogP contribution in [0.5, 0.6) is 0 Å². The van der Waals surface area contributed by atoms with Crippen LogP contribution in [-0.4, -0.2) is 5.78 Å². The molecule has 92 valence electrons. The number of rotatable bonds is 3. The Hall–Kier alpha value is -0.930. The van der Waals surface area contributed by atoms with Gasteiger partial charge in [-0.1, -0.05) is 24.3 Å². The van der Waals surface area contributed by atoms with Crippen LogP contribution in [-0.2, 0) is 17.6 Å². The second-order valence-corrected chi connectivity index (χ2v) is 6.58. The van der Waals surface area contributed by atoms with Crippen molar-refractivity contribution in [2.45, 2.75) is 25.2 Å². The Kier molecular flexibility index (Phi) is 3.35. The highest BCUT2D eigenvalue weighted by molar-refractivity contribution is 9.10. The number of fused-ring (bicyclic) bond motifs is 1. The van der Waals surface area contributed by atoms with E-state index in [0.717, 1.165) is 22.2 Å². The molecule has 1 aromatic heterocycles. The maximum Gasteiger partial charge on any atom is 0.145 e. The Morgan fingerprint density at radius 1 is 1.39 bits per heavy atom. The lowest BCUT2D eigenvalue weighted by Gasteiger charge is -2.09. The molecule has 3 heteroatoms. The summed E-state index contributed by atoms with van der Waals surface area (Å²) in [4.78, 5) is 13.5. The summed E-state index contributed by atoms with van der Waals surface area (Å²) >= 11 is 5.08. The van der Waals surface area contributed by atoms with Crippen LogP contribution in [0.4, 0.5) is 0 Å². The molecule has 0 N–H and O–H groups in total. The largest absolute Gasteiger partial charge is 0.299 e. The van der Waals surface area contributed by atoms with Crippen LogP contribution in [0.3, 0.4) is 0 Å². The highest BCUT2D eigenvalue weighted by Gasteiger charge is 2.27. The van der Waals surface area contributed by atoms with Gasteiger partial charge < -0.3 is 0 Å². The molecule has 3 rings (SSSR count). The van der Waals surface area contributed by atoms with E-state index in [-0.39, 0.29) is 5.92 Å². The first-order chi connectivity index (χ1) is 8.74. The van der Waals surface area contributed by atoms with Gasteiger partial charge in [-0.15, -0.1) is 11.3 Å². The second-order valence-electron chi connectivity index (χ2n) is 4.66. The van der Waals surface area contributed by atoms with Gasteiger partial charge in [0.15, 0.2) is 0 Å². The number of ketones is 1. The first kappa shape index (κ1) is 12.1. The topological polar surface area (TPSA) is 17.1 Å². The quantitative estimate of drug-likeness (QED) is 0.821. The summed E-state index contributed by atoms with van der Waals surface area (Å²) in [5.74, 6) is 0.469. The average Bonchev–Trinajstić information content (AvgIpc) is 2.95. The van der Waals surface area contributed by atoms with Gasteiger partial charge in [-0.25, -0.2) is 0 Å². The Bertz CT molecular complexity index is 588.